The molecule has 1 unspecified atom stereocenters. The smallest absolute Gasteiger partial charge is 0.251 e. The second-order valence-corrected chi connectivity index (χ2v) is 7.26. The lowest BCUT2D eigenvalue weighted by atomic mass is 9.93. The van der Waals surface area contributed by atoms with Crippen LogP contribution in [0.5, 0.6) is 0 Å². The molecule has 0 saturated heterocycles. The molecule has 24 heavy (non-hydrogen) atoms. The molecule has 2 saturated carbocycles. The number of benzene rings is 1. The Morgan fingerprint density at radius 3 is 2.46 bits per heavy atom. The van der Waals surface area contributed by atoms with Gasteiger partial charge in [0, 0.05) is 18.4 Å². The SMILES string of the molecule is CC(CC(=O)c1cc(=O)[nH]c(C2CC2)n1)c1ccc(C2CC2)cc1. The van der Waals surface area contributed by atoms with Crippen LogP contribution in [0.15, 0.2) is 35.1 Å². The Kier molecular flexibility index (Phi) is 3.83. The van der Waals surface area contributed by atoms with E-state index in [1.54, 1.807) is 0 Å². The summed E-state index contributed by atoms with van der Waals surface area (Å²) in [4.78, 5) is 31.4. The third kappa shape index (κ3) is 3.32. The molecule has 1 atom stereocenters. The number of carbonyl (C=O) groups excluding carboxylic acids is 1. The zero-order valence-electron chi connectivity index (χ0n) is 13.9. The molecule has 0 aliphatic heterocycles. The van der Waals surface area contributed by atoms with Gasteiger partial charge >= 0.3 is 0 Å². The molecule has 4 heteroatoms. The van der Waals surface area contributed by atoms with Gasteiger partial charge in [-0.25, -0.2) is 4.98 Å². The molecule has 4 nitrogen and oxygen atoms in total. The first-order chi connectivity index (χ1) is 11.6. The van der Waals surface area contributed by atoms with Crippen molar-refractivity contribution < 1.29 is 4.79 Å². The van der Waals surface area contributed by atoms with Gasteiger partial charge in [0.2, 0.25) is 0 Å². The molecule has 124 valence electrons. The number of hydrogen-bond acceptors (Lipinski definition) is 3. The molecule has 1 N–H and O–H groups in total. The Labute approximate surface area is 141 Å². The third-order valence-corrected chi connectivity index (χ3v) is 5.06. The predicted octanol–water partition coefficient (Wildman–Crippen LogP) is 3.90. The molecular formula is C20H22N2O2. The van der Waals surface area contributed by atoms with Crippen LogP contribution in [0.3, 0.4) is 0 Å². The van der Waals surface area contributed by atoms with Gasteiger partial charge < -0.3 is 4.98 Å². The van der Waals surface area contributed by atoms with Crippen LogP contribution in [0.1, 0.15) is 84.2 Å². The molecule has 0 bridgehead atoms. The first-order valence-corrected chi connectivity index (χ1v) is 8.84. The lowest BCUT2D eigenvalue weighted by Crippen LogP contribution is -2.16. The summed E-state index contributed by atoms with van der Waals surface area (Å²) in [6, 6.07) is 9.96. The predicted molar refractivity (Wildman–Crippen MR) is 92.6 cm³/mol. The Balaban J connectivity index is 1.47. The monoisotopic (exact) mass is 322 g/mol. The lowest BCUT2D eigenvalue weighted by molar-refractivity contribution is 0.0970. The van der Waals surface area contributed by atoms with Gasteiger partial charge in [0.1, 0.15) is 11.5 Å². The first kappa shape index (κ1) is 15.3. The van der Waals surface area contributed by atoms with Gasteiger partial charge in [0.25, 0.3) is 5.56 Å². The Bertz CT molecular complexity index is 814. The van der Waals surface area contributed by atoms with Crippen molar-refractivity contribution in [3.63, 3.8) is 0 Å². The van der Waals surface area contributed by atoms with Gasteiger partial charge in [-0.15, -0.1) is 0 Å². The maximum Gasteiger partial charge on any atom is 0.251 e. The highest BCUT2D eigenvalue weighted by Gasteiger charge is 2.27. The van der Waals surface area contributed by atoms with Crippen LogP contribution in [0, 0.1) is 0 Å². The molecule has 0 spiro atoms. The zero-order valence-corrected chi connectivity index (χ0v) is 13.9. The van der Waals surface area contributed by atoms with E-state index in [0.717, 1.165) is 18.8 Å². The standard InChI is InChI=1S/C20H22N2O2/c1-12(13-2-4-14(5-3-13)15-6-7-15)10-18(23)17-11-19(24)22-20(21-17)16-8-9-16/h2-5,11-12,15-16H,6-10H2,1H3,(H,21,22,24). The Hall–Kier alpha value is -2.23. The molecule has 0 radical (unpaired) electrons. The average Bonchev–Trinajstić information content (AvgIpc) is 3.47. The lowest BCUT2D eigenvalue weighted by Gasteiger charge is -2.12. The second-order valence-electron chi connectivity index (χ2n) is 7.26. The molecule has 2 fully saturated rings. The van der Waals surface area contributed by atoms with Crippen molar-refractivity contribution in [3.05, 3.63) is 63.3 Å². The van der Waals surface area contributed by atoms with Crippen molar-refractivity contribution in [1.82, 2.24) is 9.97 Å². The molecule has 2 aromatic rings. The van der Waals surface area contributed by atoms with E-state index in [-0.39, 0.29) is 17.3 Å². The van der Waals surface area contributed by atoms with Crippen molar-refractivity contribution in [1.29, 1.82) is 0 Å². The number of H-pyrrole nitrogens is 1. The molecule has 2 aliphatic carbocycles. The van der Waals surface area contributed by atoms with E-state index < -0.39 is 0 Å². The van der Waals surface area contributed by atoms with Gasteiger partial charge in [-0.1, -0.05) is 31.2 Å². The fourth-order valence-corrected chi connectivity index (χ4v) is 3.18. The fourth-order valence-electron chi connectivity index (χ4n) is 3.18. The van der Waals surface area contributed by atoms with Crippen LogP contribution in [0.2, 0.25) is 0 Å². The number of aromatic nitrogens is 2. The highest BCUT2D eigenvalue weighted by molar-refractivity contribution is 5.94. The van der Waals surface area contributed by atoms with Gasteiger partial charge in [0.15, 0.2) is 5.78 Å². The number of carbonyl (C=O) groups is 1. The maximum absolute atomic E-state index is 12.5. The van der Waals surface area contributed by atoms with Gasteiger partial charge in [-0.2, -0.15) is 0 Å². The third-order valence-electron chi connectivity index (χ3n) is 5.06. The summed E-state index contributed by atoms with van der Waals surface area (Å²) < 4.78 is 0. The van der Waals surface area contributed by atoms with E-state index >= 15 is 0 Å². The highest BCUT2D eigenvalue weighted by Crippen LogP contribution is 2.40. The number of nitrogens with zero attached hydrogens (tertiary/aromatic N) is 1. The molecule has 4 rings (SSSR count). The van der Waals surface area contributed by atoms with E-state index in [0.29, 0.717) is 23.9 Å². The van der Waals surface area contributed by atoms with Gasteiger partial charge in [0.05, 0.1) is 0 Å². The van der Waals surface area contributed by atoms with Crippen LogP contribution in [-0.2, 0) is 0 Å². The number of rotatable bonds is 6. The normalized spacial score (nSPS) is 18.4. The Morgan fingerprint density at radius 2 is 1.83 bits per heavy atom. The molecule has 0 amide bonds. The number of aromatic amines is 1. The van der Waals surface area contributed by atoms with Crippen molar-refractivity contribution in [2.75, 3.05) is 0 Å². The largest absolute Gasteiger partial charge is 0.310 e. The number of nitrogens with one attached hydrogen (secondary N) is 1. The summed E-state index contributed by atoms with van der Waals surface area (Å²) in [5.74, 6) is 1.82. The molecule has 2 aliphatic rings. The van der Waals surface area contributed by atoms with Crippen LogP contribution < -0.4 is 5.56 Å². The summed E-state index contributed by atoms with van der Waals surface area (Å²) in [6.07, 6.45) is 5.06. The Morgan fingerprint density at radius 1 is 1.17 bits per heavy atom. The average molecular weight is 322 g/mol. The molecule has 1 heterocycles. The molecule has 1 aromatic heterocycles. The van der Waals surface area contributed by atoms with Crippen molar-refractivity contribution in [2.45, 2.75) is 56.8 Å². The second kappa shape index (κ2) is 6.00. The van der Waals surface area contributed by atoms with Crippen molar-refractivity contribution >= 4 is 5.78 Å². The molecule has 1 aromatic carbocycles. The zero-order chi connectivity index (χ0) is 16.7. The summed E-state index contributed by atoms with van der Waals surface area (Å²) in [5, 5.41) is 0. The highest BCUT2D eigenvalue weighted by atomic mass is 16.1. The quantitative estimate of drug-likeness (QED) is 0.820. The molecular weight excluding hydrogens is 300 g/mol. The fraction of sp³-hybridized carbons (Fsp3) is 0.450. The summed E-state index contributed by atoms with van der Waals surface area (Å²) in [6.45, 7) is 2.05. The minimum absolute atomic E-state index is 0.0539. The minimum atomic E-state index is -0.225. The van der Waals surface area contributed by atoms with E-state index in [2.05, 4.69) is 41.2 Å². The number of ketones is 1. The van der Waals surface area contributed by atoms with E-state index in [1.165, 1.54) is 30.0 Å². The van der Waals surface area contributed by atoms with Crippen LogP contribution in [0.4, 0.5) is 0 Å². The van der Waals surface area contributed by atoms with Gasteiger partial charge in [-0.05, 0) is 48.6 Å². The maximum atomic E-state index is 12.5. The van der Waals surface area contributed by atoms with Crippen molar-refractivity contribution in [2.24, 2.45) is 0 Å². The van der Waals surface area contributed by atoms with Crippen LogP contribution in [-0.4, -0.2) is 15.8 Å². The van der Waals surface area contributed by atoms with Crippen LogP contribution in [0.25, 0.3) is 0 Å². The summed E-state index contributed by atoms with van der Waals surface area (Å²) in [5.41, 5.74) is 2.65. The number of hydrogen-bond donors (Lipinski definition) is 1. The van der Waals surface area contributed by atoms with E-state index in [1.807, 2.05) is 0 Å². The first-order valence-electron chi connectivity index (χ1n) is 8.84. The topological polar surface area (TPSA) is 62.8 Å². The van der Waals surface area contributed by atoms with Crippen LogP contribution >= 0.6 is 0 Å². The minimum Gasteiger partial charge on any atom is -0.310 e. The van der Waals surface area contributed by atoms with Gasteiger partial charge in [-0.3, -0.25) is 9.59 Å². The van der Waals surface area contributed by atoms with E-state index in [9.17, 15) is 9.59 Å². The summed E-state index contributed by atoms with van der Waals surface area (Å²) >= 11 is 0. The van der Waals surface area contributed by atoms with Crippen molar-refractivity contribution in [3.8, 4) is 0 Å². The van der Waals surface area contributed by atoms with E-state index in [4.69, 9.17) is 0 Å². The number of Topliss-reactive ketones (excluding diaryl/α,β-unsaturated/α-hetero) is 1. The summed E-state index contributed by atoms with van der Waals surface area (Å²) in [7, 11) is 0.